The van der Waals surface area contributed by atoms with E-state index >= 15 is 0 Å². The van der Waals surface area contributed by atoms with Gasteiger partial charge in [0, 0.05) is 5.56 Å². The van der Waals surface area contributed by atoms with Crippen LogP contribution >= 0.6 is 0 Å². The zero-order chi connectivity index (χ0) is 20.3. The number of carbonyl (C=O) groups is 1. The smallest absolute Gasteiger partial charge is 0.407 e. The highest BCUT2D eigenvalue weighted by atomic mass is 16.5. The summed E-state index contributed by atoms with van der Waals surface area (Å²) in [5, 5.41) is 13.4. The molecule has 152 valence electrons. The molecule has 3 aromatic rings. The van der Waals surface area contributed by atoms with Crippen LogP contribution in [0.15, 0.2) is 83.7 Å². The number of alkyl carbamates (subject to hydrolysis) is 1. The largest absolute Gasteiger partial charge is 0.472 e. The maximum absolute atomic E-state index is 12.3. The van der Waals surface area contributed by atoms with Gasteiger partial charge in [0.25, 0.3) is 0 Å². The van der Waals surface area contributed by atoms with Crippen LogP contribution in [0.3, 0.4) is 0 Å². The first-order valence-corrected chi connectivity index (χ1v) is 9.92. The lowest BCUT2D eigenvalue weighted by atomic mass is 9.97. The van der Waals surface area contributed by atoms with Crippen molar-refractivity contribution in [2.24, 2.45) is 0 Å². The summed E-state index contributed by atoms with van der Waals surface area (Å²) in [6.45, 7) is 0.142. The van der Waals surface area contributed by atoms with E-state index in [2.05, 4.69) is 17.4 Å². The van der Waals surface area contributed by atoms with Crippen molar-refractivity contribution >= 4 is 6.09 Å². The fourth-order valence-corrected chi connectivity index (χ4v) is 3.25. The van der Waals surface area contributed by atoms with Crippen molar-refractivity contribution in [3.63, 3.8) is 0 Å². The van der Waals surface area contributed by atoms with E-state index in [9.17, 15) is 9.90 Å². The van der Waals surface area contributed by atoms with Gasteiger partial charge < -0.3 is 19.6 Å². The number of aliphatic hydroxyl groups excluding tert-OH is 1. The van der Waals surface area contributed by atoms with E-state index < -0.39 is 12.2 Å². The molecule has 1 amide bonds. The molecular weight excluding hydrogens is 366 g/mol. The fraction of sp³-hybridized carbons (Fsp3) is 0.292. The first-order valence-electron chi connectivity index (χ1n) is 9.92. The number of aryl methyl sites for hydroxylation is 1. The van der Waals surface area contributed by atoms with Crippen molar-refractivity contribution in [1.82, 2.24) is 5.32 Å². The maximum atomic E-state index is 12.3. The van der Waals surface area contributed by atoms with Gasteiger partial charge in [-0.05, 0) is 42.9 Å². The summed E-state index contributed by atoms with van der Waals surface area (Å²) in [6, 6.07) is 21.3. The molecule has 2 unspecified atom stereocenters. The van der Waals surface area contributed by atoms with Crippen molar-refractivity contribution in [3.05, 3.63) is 95.9 Å². The van der Waals surface area contributed by atoms with Crippen LogP contribution in [0.2, 0.25) is 0 Å². The lowest BCUT2D eigenvalue weighted by molar-refractivity contribution is 0.118. The van der Waals surface area contributed by atoms with Crippen LogP contribution < -0.4 is 5.32 Å². The Hall–Kier alpha value is -3.05. The molecule has 5 nitrogen and oxygen atoms in total. The molecule has 0 aliphatic carbocycles. The second-order valence-electron chi connectivity index (χ2n) is 7.08. The summed E-state index contributed by atoms with van der Waals surface area (Å²) in [7, 11) is 0. The third kappa shape index (κ3) is 7.12. The van der Waals surface area contributed by atoms with Gasteiger partial charge in [-0.25, -0.2) is 4.79 Å². The molecule has 0 radical (unpaired) electrons. The molecule has 0 aliphatic heterocycles. The Kier molecular flexibility index (Phi) is 7.90. The van der Waals surface area contributed by atoms with Crippen LogP contribution in [-0.4, -0.2) is 17.3 Å². The number of hydrogen-bond acceptors (Lipinski definition) is 4. The van der Waals surface area contributed by atoms with Gasteiger partial charge in [0.1, 0.15) is 6.61 Å². The zero-order valence-electron chi connectivity index (χ0n) is 16.4. The SMILES string of the molecule is O=C(NC(CC(O)CCCc1ccccc1)c1ccccc1)OCc1ccoc1. The van der Waals surface area contributed by atoms with Crippen LogP contribution in [0, 0.1) is 0 Å². The van der Waals surface area contributed by atoms with E-state index in [1.54, 1.807) is 12.3 Å². The molecule has 3 rings (SSSR count). The number of nitrogens with one attached hydrogen (secondary N) is 1. The number of ether oxygens (including phenoxy) is 1. The van der Waals surface area contributed by atoms with E-state index in [4.69, 9.17) is 9.15 Å². The molecule has 1 heterocycles. The zero-order valence-corrected chi connectivity index (χ0v) is 16.4. The Labute approximate surface area is 171 Å². The highest BCUT2D eigenvalue weighted by Gasteiger charge is 2.19. The monoisotopic (exact) mass is 393 g/mol. The lowest BCUT2D eigenvalue weighted by Gasteiger charge is -2.22. The van der Waals surface area contributed by atoms with Gasteiger partial charge in [-0.2, -0.15) is 0 Å². The molecule has 0 bridgehead atoms. The first kappa shape index (κ1) is 20.7. The predicted octanol–water partition coefficient (Wildman–Crippen LogP) is 5.02. The molecule has 2 N–H and O–H groups in total. The second-order valence-corrected chi connectivity index (χ2v) is 7.08. The van der Waals surface area contributed by atoms with Crippen molar-refractivity contribution in [2.75, 3.05) is 0 Å². The second kappa shape index (κ2) is 11.1. The molecular formula is C24H27NO4. The normalized spacial score (nSPS) is 12.9. The molecule has 0 aliphatic rings. The van der Waals surface area contributed by atoms with Gasteiger partial charge in [0.2, 0.25) is 0 Å². The van der Waals surface area contributed by atoms with E-state index in [0.29, 0.717) is 12.8 Å². The Morgan fingerprint density at radius 2 is 1.72 bits per heavy atom. The molecule has 1 aromatic heterocycles. The van der Waals surface area contributed by atoms with Crippen molar-refractivity contribution in [1.29, 1.82) is 0 Å². The van der Waals surface area contributed by atoms with Crippen molar-refractivity contribution in [2.45, 2.75) is 44.4 Å². The summed E-state index contributed by atoms with van der Waals surface area (Å²) >= 11 is 0. The Balaban J connectivity index is 1.51. The van der Waals surface area contributed by atoms with Crippen LogP contribution in [0.1, 0.15) is 42.0 Å². The van der Waals surface area contributed by atoms with Gasteiger partial charge in [-0.15, -0.1) is 0 Å². The third-order valence-electron chi connectivity index (χ3n) is 4.80. The number of benzene rings is 2. The van der Waals surface area contributed by atoms with Gasteiger partial charge in [-0.1, -0.05) is 60.7 Å². The van der Waals surface area contributed by atoms with Crippen LogP contribution in [0.25, 0.3) is 0 Å². The highest BCUT2D eigenvalue weighted by Crippen LogP contribution is 2.21. The Morgan fingerprint density at radius 3 is 2.41 bits per heavy atom. The maximum Gasteiger partial charge on any atom is 0.407 e. The Morgan fingerprint density at radius 1 is 1.00 bits per heavy atom. The lowest BCUT2D eigenvalue weighted by Crippen LogP contribution is -2.31. The molecule has 0 spiro atoms. The molecule has 29 heavy (non-hydrogen) atoms. The number of hydrogen-bond donors (Lipinski definition) is 2. The van der Waals surface area contributed by atoms with E-state index in [-0.39, 0.29) is 12.6 Å². The summed E-state index contributed by atoms with van der Waals surface area (Å²) in [5.74, 6) is 0. The van der Waals surface area contributed by atoms with Crippen LogP contribution in [-0.2, 0) is 17.8 Å². The van der Waals surface area contributed by atoms with Gasteiger partial charge in [0.15, 0.2) is 0 Å². The molecule has 0 saturated carbocycles. The minimum atomic E-state index is -0.517. The predicted molar refractivity (Wildman–Crippen MR) is 111 cm³/mol. The van der Waals surface area contributed by atoms with Gasteiger partial charge in [-0.3, -0.25) is 0 Å². The number of amides is 1. The molecule has 2 atom stereocenters. The van der Waals surface area contributed by atoms with Crippen molar-refractivity contribution < 1.29 is 19.1 Å². The highest BCUT2D eigenvalue weighted by molar-refractivity contribution is 5.68. The van der Waals surface area contributed by atoms with Gasteiger partial charge >= 0.3 is 6.09 Å². The number of rotatable bonds is 10. The molecule has 5 heteroatoms. The summed E-state index contributed by atoms with van der Waals surface area (Å²) in [5.41, 5.74) is 2.99. The summed E-state index contributed by atoms with van der Waals surface area (Å²) in [6.07, 6.45) is 4.96. The van der Waals surface area contributed by atoms with E-state index in [1.807, 2.05) is 48.5 Å². The van der Waals surface area contributed by atoms with Gasteiger partial charge in [0.05, 0.1) is 24.7 Å². The quantitative estimate of drug-likeness (QED) is 0.507. The summed E-state index contributed by atoms with van der Waals surface area (Å²) < 4.78 is 10.2. The third-order valence-corrected chi connectivity index (χ3v) is 4.80. The number of furan rings is 1. The number of aliphatic hydroxyl groups is 1. The Bertz CT molecular complexity index is 834. The molecule has 0 fully saturated rings. The molecule has 0 saturated heterocycles. The first-order chi connectivity index (χ1) is 14.2. The molecule has 2 aromatic carbocycles. The fourth-order valence-electron chi connectivity index (χ4n) is 3.25. The minimum absolute atomic E-state index is 0.142. The van der Waals surface area contributed by atoms with Crippen LogP contribution in [0.5, 0.6) is 0 Å². The standard InChI is InChI=1S/C24H27NO4/c26-22(13-7-10-19-8-3-1-4-9-19)16-23(21-11-5-2-6-12-21)25-24(27)29-18-20-14-15-28-17-20/h1-6,8-9,11-12,14-15,17,22-23,26H,7,10,13,16,18H2,(H,25,27). The van der Waals surface area contributed by atoms with Crippen LogP contribution in [0.4, 0.5) is 4.79 Å². The minimum Gasteiger partial charge on any atom is -0.472 e. The number of carbonyl (C=O) groups excluding carboxylic acids is 1. The van der Waals surface area contributed by atoms with E-state index in [0.717, 1.165) is 24.0 Å². The topological polar surface area (TPSA) is 71.7 Å². The average Bonchev–Trinajstić information content (AvgIpc) is 3.27. The summed E-state index contributed by atoms with van der Waals surface area (Å²) in [4.78, 5) is 12.3. The average molecular weight is 393 g/mol. The van der Waals surface area contributed by atoms with Crippen molar-refractivity contribution in [3.8, 4) is 0 Å². The van der Waals surface area contributed by atoms with E-state index in [1.165, 1.54) is 11.8 Å².